The molecule has 7 nitrogen and oxygen atoms in total. The molecule has 0 bridgehead atoms. The predicted molar refractivity (Wildman–Crippen MR) is 152 cm³/mol. The number of nitrogens with zero attached hydrogens (tertiary/aromatic N) is 2. The van der Waals surface area contributed by atoms with Crippen LogP contribution in [0.5, 0.6) is 23.0 Å². The molecule has 3 aromatic carbocycles. The average molecular weight is 557 g/mol. The molecule has 0 aliphatic heterocycles. The van der Waals surface area contributed by atoms with Crippen LogP contribution in [-0.4, -0.2) is 58.2 Å². The van der Waals surface area contributed by atoms with E-state index in [-0.39, 0.29) is 12.4 Å². The minimum Gasteiger partial charge on any atom is -0.497 e. The second-order valence-corrected chi connectivity index (χ2v) is 9.10. The van der Waals surface area contributed by atoms with E-state index in [1.807, 2.05) is 36.1 Å². The number of rotatable bonds is 13. The Balaban J connectivity index is 2.02. The van der Waals surface area contributed by atoms with Crippen molar-refractivity contribution in [3.05, 3.63) is 83.2 Å². The van der Waals surface area contributed by atoms with Crippen LogP contribution < -0.4 is 18.9 Å². The van der Waals surface area contributed by atoms with Crippen molar-refractivity contribution < 1.29 is 32.5 Å². The van der Waals surface area contributed by atoms with Gasteiger partial charge in [-0.1, -0.05) is 18.2 Å². The molecule has 0 aromatic heterocycles. The van der Waals surface area contributed by atoms with E-state index in [0.29, 0.717) is 48.2 Å². The van der Waals surface area contributed by atoms with Crippen molar-refractivity contribution in [2.45, 2.75) is 45.6 Å². The van der Waals surface area contributed by atoms with Gasteiger partial charge in [0.2, 0.25) is 0 Å². The number of halogens is 2. The van der Waals surface area contributed by atoms with E-state index >= 15 is 0 Å². The number of hydrogen-bond donors (Lipinski definition) is 0. The third-order valence-corrected chi connectivity index (χ3v) is 6.42. The summed E-state index contributed by atoms with van der Waals surface area (Å²) in [5, 5.41) is 0. The molecule has 0 aliphatic carbocycles. The van der Waals surface area contributed by atoms with Gasteiger partial charge >= 0.3 is 0 Å². The largest absolute Gasteiger partial charge is 0.497 e. The Bertz CT molecular complexity index is 1210. The van der Waals surface area contributed by atoms with Gasteiger partial charge in [-0.2, -0.15) is 0 Å². The van der Waals surface area contributed by atoms with Gasteiger partial charge in [0.15, 0.2) is 0 Å². The number of alkyl halides is 1. The first-order chi connectivity index (χ1) is 19.3. The van der Waals surface area contributed by atoms with Gasteiger partial charge in [0.25, 0.3) is 6.02 Å². The highest BCUT2D eigenvalue weighted by Gasteiger charge is 2.26. The number of ether oxygens (including phenoxy) is 5. The van der Waals surface area contributed by atoms with Crippen LogP contribution in [0.15, 0.2) is 65.7 Å². The van der Waals surface area contributed by atoms with Crippen LogP contribution in [0.3, 0.4) is 0 Å². The SMILES string of the molecule is CCN=C(O[C@@H](Cc1ccccc1F)[C@H](C)F)N(Cc1ccc(OC)cc1OC)Cc1ccc(OC)cc1OC. The highest BCUT2D eigenvalue weighted by Crippen LogP contribution is 2.30. The Kier molecular flexibility index (Phi) is 11.4. The molecular formula is C31H38F2N2O5. The van der Waals surface area contributed by atoms with Crippen molar-refractivity contribution in [1.82, 2.24) is 4.90 Å². The van der Waals surface area contributed by atoms with Crippen molar-refractivity contribution in [3.8, 4) is 23.0 Å². The Hall–Kier alpha value is -4.01. The maximum absolute atomic E-state index is 14.9. The summed E-state index contributed by atoms with van der Waals surface area (Å²) in [5.74, 6) is 2.12. The standard InChI is InChI=1S/C31H38F2N2O5/c1-7-34-31(40-28(21(2)32)16-22-10-8-9-11-27(22)33)35(19-23-12-14-25(36-3)17-29(23)38-5)20-24-13-15-26(37-4)18-30(24)39-6/h8-15,17-18,21,28H,7,16,19-20H2,1-6H3/t21-,28-/m0/s1. The van der Waals surface area contributed by atoms with Gasteiger partial charge < -0.3 is 28.6 Å². The van der Waals surface area contributed by atoms with Crippen molar-refractivity contribution >= 4 is 6.02 Å². The number of benzene rings is 3. The molecule has 2 atom stereocenters. The second kappa shape index (κ2) is 15.0. The summed E-state index contributed by atoms with van der Waals surface area (Å²) in [4.78, 5) is 6.49. The highest BCUT2D eigenvalue weighted by atomic mass is 19.1. The summed E-state index contributed by atoms with van der Waals surface area (Å²) >= 11 is 0. The molecular weight excluding hydrogens is 518 g/mol. The van der Waals surface area contributed by atoms with E-state index in [2.05, 4.69) is 4.99 Å². The molecule has 0 radical (unpaired) electrons. The lowest BCUT2D eigenvalue weighted by Gasteiger charge is -2.31. The first kappa shape index (κ1) is 30.5. The van der Waals surface area contributed by atoms with E-state index in [0.717, 1.165) is 11.1 Å². The number of amidine groups is 1. The zero-order chi connectivity index (χ0) is 29.1. The Morgan fingerprint density at radius 3 is 1.80 bits per heavy atom. The van der Waals surface area contributed by atoms with Gasteiger partial charge in [0.05, 0.1) is 41.5 Å². The minimum absolute atomic E-state index is 0.0403. The molecule has 0 saturated carbocycles. The Morgan fingerprint density at radius 1 is 0.800 bits per heavy atom. The normalized spacial score (nSPS) is 12.8. The first-order valence-electron chi connectivity index (χ1n) is 13.1. The Labute approximate surface area is 235 Å². The molecule has 0 unspecified atom stereocenters. The number of methoxy groups -OCH3 is 4. The lowest BCUT2D eigenvalue weighted by molar-refractivity contribution is 0.0747. The van der Waals surface area contributed by atoms with E-state index < -0.39 is 18.1 Å². The fourth-order valence-corrected chi connectivity index (χ4v) is 4.23. The quantitative estimate of drug-likeness (QED) is 0.184. The molecule has 3 aromatic rings. The van der Waals surface area contributed by atoms with Crippen LogP contribution in [0.25, 0.3) is 0 Å². The minimum atomic E-state index is -1.39. The highest BCUT2D eigenvalue weighted by molar-refractivity contribution is 5.74. The zero-order valence-electron chi connectivity index (χ0n) is 23.9. The number of hydrogen-bond acceptors (Lipinski definition) is 6. The van der Waals surface area contributed by atoms with Gasteiger partial charge in [-0.05, 0) is 49.7 Å². The van der Waals surface area contributed by atoms with Gasteiger partial charge in [0.1, 0.15) is 41.1 Å². The monoisotopic (exact) mass is 556 g/mol. The van der Waals surface area contributed by atoms with Crippen molar-refractivity contribution in [2.24, 2.45) is 4.99 Å². The lowest BCUT2D eigenvalue weighted by atomic mass is 10.0. The molecule has 0 spiro atoms. The van der Waals surface area contributed by atoms with Crippen LogP contribution in [0.2, 0.25) is 0 Å². The van der Waals surface area contributed by atoms with Crippen molar-refractivity contribution in [2.75, 3.05) is 35.0 Å². The van der Waals surface area contributed by atoms with Gasteiger partial charge in [-0.3, -0.25) is 0 Å². The Morgan fingerprint density at radius 2 is 1.35 bits per heavy atom. The zero-order valence-corrected chi connectivity index (χ0v) is 23.9. The van der Waals surface area contributed by atoms with Gasteiger partial charge in [-0.15, -0.1) is 0 Å². The summed E-state index contributed by atoms with van der Waals surface area (Å²) in [6.45, 7) is 4.29. The third-order valence-electron chi connectivity index (χ3n) is 6.42. The predicted octanol–water partition coefficient (Wildman–Crippen LogP) is 6.22. The molecule has 0 N–H and O–H groups in total. The molecule has 0 amide bonds. The smallest absolute Gasteiger partial charge is 0.288 e. The van der Waals surface area contributed by atoms with Crippen molar-refractivity contribution in [3.63, 3.8) is 0 Å². The summed E-state index contributed by atoms with van der Waals surface area (Å²) in [6.07, 6.45) is -2.33. The van der Waals surface area contributed by atoms with Crippen molar-refractivity contribution in [1.29, 1.82) is 0 Å². The van der Waals surface area contributed by atoms with E-state index in [1.54, 1.807) is 58.8 Å². The molecule has 216 valence electrons. The third kappa shape index (κ3) is 8.00. The van der Waals surface area contributed by atoms with Gasteiger partial charge in [-0.25, -0.2) is 13.8 Å². The molecule has 0 heterocycles. The van der Waals surface area contributed by atoms with E-state index in [4.69, 9.17) is 23.7 Å². The van der Waals surface area contributed by atoms with Crippen LogP contribution in [0.1, 0.15) is 30.5 Å². The maximum Gasteiger partial charge on any atom is 0.288 e. The van der Waals surface area contributed by atoms with Crippen LogP contribution in [0, 0.1) is 5.82 Å². The molecule has 9 heteroatoms. The average Bonchev–Trinajstić information content (AvgIpc) is 2.97. The number of aliphatic imine (C=N–C) groups is 1. The van der Waals surface area contributed by atoms with Crippen LogP contribution in [0.4, 0.5) is 8.78 Å². The topological polar surface area (TPSA) is 61.8 Å². The molecule has 0 aliphatic rings. The summed E-state index contributed by atoms with van der Waals surface area (Å²) in [5.41, 5.74) is 2.04. The fourth-order valence-electron chi connectivity index (χ4n) is 4.23. The van der Waals surface area contributed by atoms with E-state index in [1.165, 1.54) is 13.0 Å². The summed E-state index contributed by atoms with van der Waals surface area (Å²) in [6, 6.07) is 17.6. The lowest BCUT2D eigenvalue weighted by Crippen LogP contribution is -2.38. The molecule has 40 heavy (non-hydrogen) atoms. The molecule has 0 saturated heterocycles. The summed E-state index contributed by atoms with van der Waals surface area (Å²) in [7, 11) is 6.35. The molecule has 0 fully saturated rings. The van der Waals surface area contributed by atoms with E-state index in [9.17, 15) is 8.78 Å². The van der Waals surface area contributed by atoms with Crippen LogP contribution in [-0.2, 0) is 24.2 Å². The molecule has 3 rings (SSSR count). The van der Waals surface area contributed by atoms with Gasteiger partial charge in [0, 0.05) is 36.2 Å². The maximum atomic E-state index is 14.9. The summed E-state index contributed by atoms with van der Waals surface area (Å²) < 4.78 is 57.6. The van der Waals surface area contributed by atoms with Crippen LogP contribution >= 0.6 is 0 Å². The first-order valence-corrected chi connectivity index (χ1v) is 13.1. The second-order valence-electron chi connectivity index (χ2n) is 9.10. The fraction of sp³-hybridized carbons (Fsp3) is 0.387.